The summed E-state index contributed by atoms with van der Waals surface area (Å²) in [5, 5.41) is 0. The Hall–Kier alpha value is -1.90. The van der Waals surface area contributed by atoms with Crippen LogP contribution in [0.4, 0.5) is 4.39 Å². The number of benzene rings is 2. The van der Waals surface area contributed by atoms with Crippen LogP contribution in [0.15, 0.2) is 52.3 Å². The molecule has 0 radical (unpaired) electrons. The van der Waals surface area contributed by atoms with E-state index in [1.807, 2.05) is 6.26 Å². The first kappa shape index (κ1) is 20.8. The van der Waals surface area contributed by atoms with E-state index in [2.05, 4.69) is 4.72 Å². The molecule has 1 N–H and O–H groups in total. The summed E-state index contributed by atoms with van der Waals surface area (Å²) in [5.74, 6) is -0.554. The molecule has 2 aromatic carbocycles. The van der Waals surface area contributed by atoms with Gasteiger partial charge in [-0.05, 0) is 61.4 Å². The van der Waals surface area contributed by atoms with Crippen LogP contribution in [0.5, 0.6) is 0 Å². The fourth-order valence-electron chi connectivity index (χ4n) is 3.20. The molecule has 0 atom stereocenters. The Morgan fingerprint density at radius 1 is 1.14 bits per heavy atom. The maximum atomic E-state index is 13.3. The van der Waals surface area contributed by atoms with Gasteiger partial charge in [0.25, 0.3) is 5.91 Å². The lowest BCUT2D eigenvalue weighted by molar-refractivity contribution is 0.0720. The third-order valence-electron chi connectivity index (χ3n) is 4.71. The van der Waals surface area contributed by atoms with Gasteiger partial charge in [0.05, 0.1) is 10.5 Å². The highest BCUT2D eigenvalue weighted by atomic mass is 32.2. The number of rotatable bonds is 6. The first-order valence-electron chi connectivity index (χ1n) is 9.12. The first-order valence-corrected chi connectivity index (χ1v) is 11.8. The van der Waals surface area contributed by atoms with Crippen LogP contribution in [0.2, 0.25) is 0 Å². The van der Waals surface area contributed by atoms with Gasteiger partial charge in [0.1, 0.15) is 5.82 Å². The van der Waals surface area contributed by atoms with E-state index in [1.54, 1.807) is 17.0 Å². The van der Waals surface area contributed by atoms with Crippen molar-refractivity contribution in [2.24, 2.45) is 0 Å². The van der Waals surface area contributed by atoms with Crippen LogP contribution in [0.25, 0.3) is 0 Å². The second kappa shape index (κ2) is 9.07. The van der Waals surface area contributed by atoms with Gasteiger partial charge in [-0.15, -0.1) is 11.8 Å². The molecule has 5 nitrogen and oxygen atoms in total. The first-order chi connectivity index (χ1) is 13.4. The summed E-state index contributed by atoms with van der Waals surface area (Å²) in [7, 11) is -3.84. The van der Waals surface area contributed by atoms with Gasteiger partial charge < -0.3 is 4.90 Å². The molecule has 0 aromatic heterocycles. The third-order valence-corrected chi connectivity index (χ3v) is 6.91. The van der Waals surface area contributed by atoms with Crippen LogP contribution in [0.1, 0.15) is 35.2 Å². The number of nitrogens with zero attached hydrogens (tertiary/aromatic N) is 1. The largest absolute Gasteiger partial charge is 0.339 e. The van der Waals surface area contributed by atoms with Crippen molar-refractivity contribution in [3.05, 3.63) is 59.4 Å². The molecule has 0 aliphatic carbocycles. The van der Waals surface area contributed by atoms with E-state index < -0.39 is 15.8 Å². The number of thioether (sulfide) groups is 1. The monoisotopic (exact) mass is 422 g/mol. The number of halogens is 1. The summed E-state index contributed by atoms with van der Waals surface area (Å²) < 4.78 is 41.2. The van der Waals surface area contributed by atoms with Crippen LogP contribution in [0, 0.1) is 5.82 Å². The number of carbonyl (C=O) groups is 1. The number of piperidine rings is 1. The highest BCUT2D eigenvalue weighted by molar-refractivity contribution is 7.98. The Kier molecular flexibility index (Phi) is 6.74. The lowest BCUT2D eigenvalue weighted by Gasteiger charge is -2.27. The van der Waals surface area contributed by atoms with Gasteiger partial charge in [-0.25, -0.2) is 17.5 Å². The van der Waals surface area contributed by atoms with E-state index in [0.717, 1.165) is 24.2 Å². The molecule has 1 aliphatic rings. The Morgan fingerprint density at radius 3 is 2.57 bits per heavy atom. The lowest BCUT2D eigenvalue weighted by Crippen LogP contribution is -2.36. The van der Waals surface area contributed by atoms with Crippen molar-refractivity contribution >= 4 is 27.7 Å². The summed E-state index contributed by atoms with van der Waals surface area (Å²) >= 11 is 1.41. The molecule has 1 fully saturated rings. The molecule has 0 saturated carbocycles. The van der Waals surface area contributed by atoms with Crippen LogP contribution in [0.3, 0.4) is 0 Å². The summed E-state index contributed by atoms with van der Waals surface area (Å²) in [5.41, 5.74) is 0.928. The average molecular weight is 423 g/mol. The quantitative estimate of drug-likeness (QED) is 0.722. The highest BCUT2D eigenvalue weighted by Gasteiger charge is 2.23. The predicted octanol–water partition coefficient (Wildman–Crippen LogP) is 3.65. The van der Waals surface area contributed by atoms with Crippen molar-refractivity contribution in [2.75, 3.05) is 19.3 Å². The van der Waals surface area contributed by atoms with Crippen molar-refractivity contribution in [2.45, 2.75) is 35.6 Å². The van der Waals surface area contributed by atoms with Crippen molar-refractivity contribution in [3.8, 4) is 0 Å². The molecule has 1 heterocycles. The molecule has 0 spiro atoms. The molecule has 1 saturated heterocycles. The summed E-state index contributed by atoms with van der Waals surface area (Å²) in [6, 6.07) is 10.4. The minimum Gasteiger partial charge on any atom is -0.339 e. The summed E-state index contributed by atoms with van der Waals surface area (Å²) in [6.07, 6.45) is 4.90. The predicted molar refractivity (Wildman–Crippen MR) is 108 cm³/mol. The maximum Gasteiger partial charge on any atom is 0.255 e. The van der Waals surface area contributed by atoms with Gasteiger partial charge in [-0.3, -0.25) is 4.79 Å². The number of hydrogen-bond donors (Lipinski definition) is 1. The normalized spacial score (nSPS) is 14.9. The van der Waals surface area contributed by atoms with E-state index in [-0.39, 0.29) is 17.3 Å². The zero-order valence-corrected chi connectivity index (χ0v) is 17.3. The van der Waals surface area contributed by atoms with E-state index in [4.69, 9.17) is 0 Å². The van der Waals surface area contributed by atoms with Crippen LogP contribution >= 0.6 is 11.8 Å². The highest BCUT2D eigenvalue weighted by Crippen LogP contribution is 2.26. The number of hydrogen-bond acceptors (Lipinski definition) is 4. The topological polar surface area (TPSA) is 66.5 Å². The number of sulfonamides is 1. The molecule has 1 amide bonds. The minimum absolute atomic E-state index is 0.0280. The molecular formula is C20H23FN2O3S2. The minimum atomic E-state index is -3.84. The molecule has 28 heavy (non-hydrogen) atoms. The Labute approximate surface area is 169 Å². The number of amides is 1. The maximum absolute atomic E-state index is 13.3. The van der Waals surface area contributed by atoms with Crippen molar-refractivity contribution in [1.82, 2.24) is 9.62 Å². The molecule has 3 rings (SSSR count). The van der Waals surface area contributed by atoms with Gasteiger partial charge >= 0.3 is 0 Å². The summed E-state index contributed by atoms with van der Waals surface area (Å²) in [6.45, 7) is 1.36. The van der Waals surface area contributed by atoms with Crippen molar-refractivity contribution < 1.29 is 17.6 Å². The van der Waals surface area contributed by atoms with E-state index >= 15 is 0 Å². The van der Waals surface area contributed by atoms with Gasteiger partial charge in [0, 0.05) is 24.5 Å². The molecule has 0 unspecified atom stereocenters. The smallest absolute Gasteiger partial charge is 0.255 e. The average Bonchev–Trinajstić information content (AvgIpc) is 2.72. The molecule has 0 bridgehead atoms. The van der Waals surface area contributed by atoms with Crippen molar-refractivity contribution in [1.29, 1.82) is 0 Å². The van der Waals surface area contributed by atoms with E-state index in [0.29, 0.717) is 24.2 Å². The van der Waals surface area contributed by atoms with Gasteiger partial charge in [0.2, 0.25) is 10.0 Å². The second-order valence-electron chi connectivity index (χ2n) is 6.67. The number of likely N-dealkylation sites (tertiary alicyclic amines) is 1. The molecule has 150 valence electrons. The fourth-order valence-corrected chi connectivity index (χ4v) is 4.81. The second-order valence-corrected chi connectivity index (χ2v) is 9.28. The van der Waals surface area contributed by atoms with Gasteiger partial charge in [-0.2, -0.15) is 0 Å². The molecule has 2 aromatic rings. The van der Waals surface area contributed by atoms with Crippen LogP contribution in [-0.2, 0) is 16.6 Å². The fraction of sp³-hybridized carbons (Fsp3) is 0.350. The molecule has 1 aliphatic heterocycles. The van der Waals surface area contributed by atoms with E-state index in [9.17, 15) is 17.6 Å². The molecular weight excluding hydrogens is 399 g/mol. The standard InChI is InChI=1S/C20H23FN2O3S2/c1-27-19-9-8-17(13-18(19)20(24)23-10-3-2-4-11-23)28(25,26)22-14-15-6-5-7-16(21)12-15/h5-9,12-13,22H,2-4,10-11,14H2,1H3. The molecule has 8 heteroatoms. The zero-order valence-electron chi connectivity index (χ0n) is 15.7. The number of nitrogens with one attached hydrogen (secondary N) is 1. The van der Waals surface area contributed by atoms with Gasteiger partial charge in [0.15, 0.2) is 0 Å². The zero-order chi connectivity index (χ0) is 20.1. The number of carbonyl (C=O) groups excluding carboxylic acids is 1. The van der Waals surface area contributed by atoms with Crippen LogP contribution in [-0.4, -0.2) is 38.6 Å². The van der Waals surface area contributed by atoms with Gasteiger partial charge in [-0.1, -0.05) is 12.1 Å². The van der Waals surface area contributed by atoms with Crippen LogP contribution < -0.4 is 4.72 Å². The third kappa shape index (κ3) is 4.92. The summed E-state index contributed by atoms with van der Waals surface area (Å²) in [4.78, 5) is 15.5. The Balaban J connectivity index is 1.83. The van der Waals surface area contributed by atoms with Crippen molar-refractivity contribution in [3.63, 3.8) is 0 Å². The SMILES string of the molecule is CSc1ccc(S(=O)(=O)NCc2cccc(F)c2)cc1C(=O)N1CCCCC1. The Bertz CT molecular complexity index is 958. The lowest BCUT2D eigenvalue weighted by atomic mass is 10.1. The van der Waals surface area contributed by atoms with E-state index in [1.165, 1.54) is 42.1 Å². The Morgan fingerprint density at radius 2 is 1.89 bits per heavy atom.